The van der Waals surface area contributed by atoms with Crippen molar-refractivity contribution < 1.29 is 43.9 Å². The molecule has 0 aliphatic carbocycles. The molecule has 3 aliphatic heterocycles. The van der Waals surface area contributed by atoms with Crippen LogP contribution in [0.25, 0.3) is 43.6 Å². The Balaban J connectivity index is 1.36. The molecule has 0 unspecified atom stereocenters. The lowest BCUT2D eigenvalue weighted by molar-refractivity contribution is -0.274. The number of carbonyl (C=O) groups is 2. The molecule has 0 bridgehead atoms. The first kappa shape index (κ1) is 30.7. The Bertz CT molecular complexity index is 2100. The van der Waals surface area contributed by atoms with Crippen LogP contribution in [0.15, 0.2) is 42.5 Å². The summed E-state index contributed by atoms with van der Waals surface area (Å²) < 4.78 is 25.4. The lowest BCUT2D eigenvalue weighted by Crippen LogP contribution is -2.58. The third-order valence-corrected chi connectivity index (χ3v) is 10.0. The van der Waals surface area contributed by atoms with E-state index in [-0.39, 0.29) is 30.8 Å². The first-order chi connectivity index (χ1) is 22.6. The van der Waals surface area contributed by atoms with Crippen LogP contribution in [0.2, 0.25) is 5.02 Å². The molecule has 2 amide bonds. The molecule has 14 heteroatoms. The Morgan fingerprint density at radius 1 is 1.00 bits per heavy atom. The summed E-state index contributed by atoms with van der Waals surface area (Å²) in [6, 6.07) is 12.2. The fourth-order valence-electron chi connectivity index (χ4n) is 7.41. The zero-order valence-corrected chi connectivity index (χ0v) is 26.2. The Labute approximate surface area is 272 Å². The topological polar surface area (TPSA) is 182 Å². The van der Waals surface area contributed by atoms with Gasteiger partial charge >= 0.3 is 0 Å². The van der Waals surface area contributed by atoms with Gasteiger partial charge in [0.2, 0.25) is 0 Å². The highest BCUT2D eigenvalue weighted by Gasteiger charge is 2.48. The monoisotopic (exact) mass is 664 g/mol. The van der Waals surface area contributed by atoms with E-state index in [1.165, 1.54) is 14.2 Å². The molecule has 8 rings (SSSR count). The van der Waals surface area contributed by atoms with Gasteiger partial charge in [0.1, 0.15) is 24.4 Å². The van der Waals surface area contributed by atoms with Crippen LogP contribution in [0.1, 0.15) is 33.4 Å². The maximum atomic E-state index is 13.8. The number of nitrogens with zero attached hydrogens (tertiary/aromatic N) is 2. The smallest absolute Gasteiger partial charge is 0.262 e. The average Bonchev–Trinajstić information content (AvgIpc) is 3.68. The summed E-state index contributed by atoms with van der Waals surface area (Å²) >= 11 is 6.90. The van der Waals surface area contributed by atoms with Gasteiger partial charge in [0, 0.05) is 47.6 Å². The Morgan fingerprint density at radius 3 is 2.47 bits per heavy atom. The number of aromatic amines is 1. The third-order valence-electron chi connectivity index (χ3n) is 9.74. The van der Waals surface area contributed by atoms with Crippen molar-refractivity contribution in [1.29, 1.82) is 0 Å². The molecule has 246 valence electrons. The van der Waals surface area contributed by atoms with Crippen LogP contribution in [0.3, 0.4) is 0 Å². The predicted octanol–water partition coefficient (Wildman–Crippen LogP) is 2.39. The predicted molar refractivity (Wildman–Crippen MR) is 171 cm³/mol. The van der Waals surface area contributed by atoms with Crippen LogP contribution in [0.4, 0.5) is 0 Å². The van der Waals surface area contributed by atoms with Crippen molar-refractivity contribution in [3.63, 3.8) is 0 Å². The summed E-state index contributed by atoms with van der Waals surface area (Å²) in [6.07, 6.45) is -7.57. The number of fused-ring (bicyclic) bond motifs is 10. The van der Waals surface area contributed by atoms with Crippen molar-refractivity contribution in [2.75, 3.05) is 27.4 Å². The zero-order chi connectivity index (χ0) is 32.9. The molecular weight excluding hydrogens is 632 g/mol. The van der Waals surface area contributed by atoms with Crippen LogP contribution in [-0.4, -0.2) is 112 Å². The van der Waals surface area contributed by atoms with E-state index in [2.05, 4.69) is 4.98 Å². The molecule has 13 nitrogen and oxygen atoms in total. The zero-order valence-electron chi connectivity index (χ0n) is 25.4. The molecule has 5 heterocycles. The van der Waals surface area contributed by atoms with E-state index < -0.39 is 60.9 Å². The number of para-hydroxylation sites is 2. The van der Waals surface area contributed by atoms with Gasteiger partial charge in [0.25, 0.3) is 11.8 Å². The van der Waals surface area contributed by atoms with Crippen LogP contribution in [0.5, 0.6) is 0 Å². The number of aliphatic hydroxyl groups excluding tert-OH is 3. The standard InChI is InChI=1S/C33H33ClN4O9/c1-37-31(42)23-21-13-6-3-4-9-17(13)36-25(21)27-22(24(23)32(37)43)14-7-5-8-15(34)26(14)38(27)33-29(41)28(40)30(44-2)19(47-33)12-46-20-10-18(39)16(35)11-45-20/h3-9,16,18-20,28-30,33,36,39-41H,10-12,35H2,1-2H3/t16-,18-,19-,20-,28-,29-,30-,33-/m1/s1. The van der Waals surface area contributed by atoms with Crippen molar-refractivity contribution in [2.45, 2.75) is 55.5 Å². The molecule has 47 heavy (non-hydrogen) atoms. The first-order valence-corrected chi connectivity index (χ1v) is 15.7. The molecule has 0 spiro atoms. The van der Waals surface area contributed by atoms with Gasteiger partial charge in [0.15, 0.2) is 12.5 Å². The molecule has 8 atom stereocenters. The second-order valence-electron chi connectivity index (χ2n) is 12.4. The summed E-state index contributed by atoms with van der Waals surface area (Å²) in [5, 5.41) is 36.0. The Morgan fingerprint density at radius 2 is 1.72 bits per heavy atom. The van der Waals surface area contributed by atoms with Gasteiger partial charge in [0.05, 0.1) is 58.1 Å². The van der Waals surface area contributed by atoms with Gasteiger partial charge < -0.3 is 49.6 Å². The second kappa shape index (κ2) is 11.2. The van der Waals surface area contributed by atoms with E-state index in [4.69, 9.17) is 36.3 Å². The summed E-state index contributed by atoms with van der Waals surface area (Å²) in [7, 11) is 2.84. The number of amides is 2. The molecule has 2 fully saturated rings. The largest absolute Gasteiger partial charge is 0.391 e. The highest BCUT2D eigenvalue weighted by atomic mass is 35.5. The highest BCUT2D eigenvalue weighted by Crippen LogP contribution is 2.48. The molecule has 0 radical (unpaired) electrons. The number of hydrogen-bond donors (Lipinski definition) is 5. The number of aromatic nitrogens is 2. The van der Waals surface area contributed by atoms with Gasteiger partial charge in [-0.3, -0.25) is 14.5 Å². The van der Waals surface area contributed by atoms with E-state index in [0.29, 0.717) is 37.7 Å². The molecule has 5 aromatic rings. The maximum absolute atomic E-state index is 13.8. The summed E-state index contributed by atoms with van der Waals surface area (Å²) in [5.41, 5.74) is 8.54. The van der Waals surface area contributed by atoms with E-state index in [1.54, 1.807) is 22.8 Å². The molecule has 2 aromatic heterocycles. The number of carbonyl (C=O) groups excluding carboxylic acids is 2. The van der Waals surface area contributed by atoms with Gasteiger partial charge in [-0.05, 0) is 12.1 Å². The van der Waals surface area contributed by atoms with Crippen molar-refractivity contribution >= 4 is 67.0 Å². The number of imide groups is 1. The van der Waals surface area contributed by atoms with Gasteiger partial charge in [-0.25, -0.2) is 0 Å². The summed E-state index contributed by atoms with van der Waals surface area (Å²) in [5.74, 6) is -0.892. The van der Waals surface area contributed by atoms with Gasteiger partial charge in [-0.1, -0.05) is 41.9 Å². The molecule has 3 aromatic carbocycles. The number of aliphatic hydroxyl groups is 3. The maximum Gasteiger partial charge on any atom is 0.262 e. The Kier molecular flexibility index (Phi) is 7.33. The number of nitrogens with two attached hydrogens (primary N) is 1. The van der Waals surface area contributed by atoms with Crippen LogP contribution >= 0.6 is 11.6 Å². The van der Waals surface area contributed by atoms with Crippen molar-refractivity contribution in [3.05, 3.63) is 58.6 Å². The number of H-pyrrole nitrogens is 1. The number of ether oxygens (including phenoxy) is 4. The van der Waals surface area contributed by atoms with E-state index in [0.717, 1.165) is 15.8 Å². The molecular formula is C33H33ClN4O9. The SMILES string of the molecule is CO[C@H]1[C@H](O)[C@@H](O)[C@H](n2c3c(Cl)cccc3c3c4c(c5c6ccccc6[nH]c5c32)C(=O)N(C)C4=O)O[C@@H]1CO[C@@H]1C[C@@H](O)[C@H](N)CO1. The highest BCUT2D eigenvalue weighted by molar-refractivity contribution is 6.41. The first-order valence-electron chi connectivity index (χ1n) is 15.3. The molecule has 6 N–H and O–H groups in total. The number of hydrogen-bond acceptors (Lipinski definition) is 10. The third kappa shape index (κ3) is 4.39. The normalized spacial score (nSPS) is 30.0. The number of nitrogens with one attached hydrogen (secondary N) is 1. The molecule has 3 aliphatic rings. The lowest BCUT2D eigenvalue weighted by Gasteiger charge is -2.43. The number of methoxy groups -OCH3 is 1. The van der Waals surface area contributed by atoms with Crippen LogP contribution in [-0.2, 0) is 18.9 Å². The summed E-state index contributed by atoms with van der Waals surface area (Å²) in [6.45, 7) is -0.0125. The molecule has 0 saturated carbocycles. The fraction of sp³-hybridized carbons (Fsp3) is 0.394. The van der Waals surface area contributed by atoms with Crippen molar-refractivity contribution in [3.8, 4) is 0 Å². The van der Waals surface area contributed by atoms with E-state index >= 15 is 0 Å². The lowest BCUT2D eigenvalue weighted by atomic mass is 9.96. The quantitative estimate of drug-likeness (QED) is 0.175. The van der Waals surface area contributed by atoms with Crippen LogP contribution in [0, 0.1) is 0 Å². The minimum absolute atomic E-state index is 0.107. The fourth-order valence-corrected chi connectivity index (χ4v) is 7.67. The minimum Gasteiger partial charge on any atom is -0.391 e. The van der Waals surface area contributed by atoms with Gasteiger partial charge in [-0.2, -0.15) is 0 Å². The summed E-state index contributed by atoms with van der Waals surface area (Å²) in [4.78, 5) is 32.0. The van der Waals surface area contributed by atoms with Crippen molar-refractivity contribution in [2.24, 2.45) is 5.73 Å². The van der Waals surface area contributed by atoms with E-state index in [1.807, 2.05) is 24.3 Å². The number of halogens is 1. The number of benzene rings is 3. The minimum atomic E-state index is -1.52. The van der Waals surface area contributed by atoms with E-state index in [9.17, 15) is 24.9 Å². The van der Waals surface area contributed by atoms with Crippen LogP contribution < -0.4 is 5.73 Å². The Hall–Kier alpha value is -3.63. The number of rotatable bonds is 5. The molecule has 2 saturated heterocycles. The van der Waals surface area contributed by atoms with Crippen molar-refractivity contribution in [1.82, 2.24) is 14.5 Å². The average molecular weight is 665 g/mol. The van der Waals surface area contributed by atoms with Gasteiger partial charge in [-0.15, -0.1) is 0 Å². The second-order valence-corrected chi connectivity index (χ2v) is 12.8.